The fraction of sp³-hybridized carbons (Fsp3) is 0.750. The molecular formula is C8H16OS3. The smallest absolute Gasteiger partial charge is 0.0420 e. The van der Waals surface area contributed by atoms with Gasteiger partial charge in [0.1, 0.15) is 0 Å². The van der Waals surface area contributed by atoms with Gasteiger partial charge in [0.05, 0.1) is 0 Å². The molecule has 0 aliphatic carbocycles. The Morgan fingerprint density at radius 1 is 1.58 bits per heavy atom. The zero-order chi connectivity index (χ0) is 9.40. The van der Waals surface area contributed by atoms with Crippen LogP contribution in [-0.2, 0) is 10.8 Å². The second-order valence-corrected chi connectivity index (χ2v) is 6.62. The summed E-state index contributed by atoms with van der Waals surface area (Å²) in [5, 5.41) is 2.73. The molecule has 0 fully saturated rings. The molecule has 0 aromatic carbocycles. The normalized spacial score (nSPS) is 16.6. The Morgan fingerprint density at radius 2 is 2.25 bits per heavy atom. The molecule has 72 valence electrons. The SMILES string of the molecule is CCC(C)SSC=CCS(C)=O. The van der Waals surface area contributed by atoms with E-state index in [0.717, 1.165) is 0 Å². The first-order valence-corrected chi connectivity index (χ1v) is 7.94. The monoisotopic (exact) mass is 224 g/mol. The predicted molar refractivity (Wildman–Crippen MR) is 63.0 cm³/mol. The lowest BCUT2D eigenvalue weighted by Gasteiger charge is -2.02. The van der Waals surface area contributed by atoms with Crippen LogP contribution in [0.3, 0.4) is 0 Å². The van der Waals surface area contributed by atoms with Crippen molar-refractivity contribution in [2.75, 3.05) is 12.0 Å². The van der Waals surface area contributed by atoms with Crippen LogP contribution in [0.15, 0.2) is 11.5 Å². The lowest BCUT2D eigenvalue weighted by atomic mass is 10.4. The lowest BCUT2D eigenvalue weighted by Crippen LogP contribution is -1.88. The van der Waals surface area contributed by atoms with Gasteiger partial charge in [-0.15, -0.1) is 0 Å². The molecule has 0 spiro atoms. The van der Waals surface area contributed by atoms with Gasteiger partial charge < -0.3 is 0 Å². The van der Waals surface area contributed by atoms with E-state index in [4.69, 9.17) is 0 Å². The van der Waals surface area contributed by atoms with Crippen LogP contribution >= 0.6 is 21.6 Å². The average Bonchev–Trinajstić information content (AvgIpc) is 2.03. The summed E-state index contributed by atoms with van der Waals surface area (Å²) in [6.45, 7) is 4.40. The third-order valence-electron chi connectivity index (χ3n) is 1.28. The third-order valence-corrected chi connectivity index (χ3v) is 4.67. The molecule has 0 radical (unpaired) electrons. The van der Waals surface area contributed by atoms with Crippen molar-refractivity contribution >= 4 is 32.4 Å². The fourth-order valence-electron chi connectivity index (χ4n) is 0.409. The van der Waals surface area contributed by atoms with Crippen LogP contribution in [0.4, 0.5) is 0 Å². The molecule has 1 nitrogen and oxygen atoms in total. The molecule has 2 unspecified atom stereocenters. The van der Waals surface area contributed by atoms with E-state index in [2.05, 4.69) is 13.8 Å². The Morgan fingerprint density at radius 3 is 2.75 bits per heavy atom. The van der Waals surface area contributed by atoms with Gasteiger partial charge in [-0.3, -0.25) is 4.21 Å². The Labute approximate surface area is 85.6 Å². The van der Waals surface area contributed by atoms with E-state index in [1.807, 2.05) is 22.3 Å². The molecule has 0 heterocycles. The second kappa shape index (κ2) is 8.20. The van der Waals surface area contributed by atoms with Gasteiger partial charge in [0, 0.05) is 28.1 Å². The predicted octanol–water partition coefficient (Wildman–Crippen LogP) is 3.06. The van der Waals surface area contributed by atoms with Crippen LogP contribution in [-0.4, -0.2) is 21.5 Å². The average molecular weight is 224 g/mol. The number of rotatable bonds is 6. The summed E-state index contributed by atoms with van der Waals surface area (Å²) in [5.41, 5.74) is 0. The summed E-state index contributed by atoms with van der Waals surface area (Å²) in [6, 6.07) is 0. The summed E-state index contributed by atoms with van der Waals surface area (Å²) in [7, 11) is 2.90. The molecule has 0 aliphatic heterocycles. The van der Waals surface area contributed by atoms with Crippen molar-refractivity contribution in [3.63, 3.8) is 0 Å². The summed E-state index contributed by atoms with van der Waals surface area (Å²) < 4.78 is 10.6. The first-order chi connectivity index (χ1) is 5.66. The van der Waals surface area contributed by atoms with E-state index < -0.39 is 10.8 Å². The molecule has 0 aromatic heterocycles. The molecule has 0 rings (SSSR count). The largest absolute Gasteiger partial charge is 0.260 e. The number of hydrogen-bond acceptors (Lipinski definition) is 3. The third kappa shape index (κ3) is 8.68. The summed E-state index contributed by atoms with van der Waals surface area (Å²) >= 11 is 0. The molecule has 0 bridgehead atoms. The van der Waals surface area contributed by atoms with Crippen LogP contribution in [0.2, 0.25) is 0 Å². The molecule has 0 saturated heterocycles. The van der Waals surface area contributed by atoms with Crippen LogP contribution < -0.4 is 0 Å². The molecule has 4 heteroatoms. The highest BCUT2D eigenvalue weighted by Crippen LogP contribution is 2.28. The quantitative estimate of drug-likeness (QED) is 0.646. The molecular weight excluding hydrogens is 208 g/mol. The molecule has 2 atom stereocenters. The van der Waals surface area contributed by atoms with Crippen molar-refractivity contribution in [2.45, 2.75) is 25.5 Å². The van der Waals surface area contributed by atoms with Crippen molar-refractivity contribution in [3.8, 4) is 0 Å². The first-order valence-electron chi connectivity index (χ1n) is 3.94. The van der Waals surface area contributed by atoms with Crippen LogP contribution in [0.1, 0.15) is 20.3 Å². The van der Waals surface area contributed by atoms with Gasteiger partial charge in [0.25, 0.3) is 0 Å². The maximum absolute atomic E-state index is 10.6. The van der Waals surface area contributed by atoms with Gasteiger partial charge in [0.15, 0.2) is 0 Å². The Balaban J connectivity index is 3.30. The van der Waals surface area contributed by atoms with E-state index in [1.165, 1.54) is 6.42 Å². The standard InChI is InChI=1S/C8H16OS3/c1-4-8(2)11-10-6-5-7-12(3)9/h5-6,8H,4,7H2,1-3H3. The molecule has 12 heavy (non-hydrogen) atoms. The molecule has 0 aromatic rings. The highest BCUT2D eigenvalue weighted by Gasteiger charge is 1.96. The van der Waals surface area contributed by atoms with Crippen LogP contribution in [0, 0.1) is 0 Å². The van der Waals surface area contributed by atoms with E-state index in [0.29, 0.717) is 11.0 Å². The highest BCUT2D eigenvalue weighted by molar-refractivity contribution is 8.78. The highest BCUT2D eigenvalue weighted by atomic mass is 33.1. The van der Waals surface area contributed by atoms with E-state index in [-0.39, 0.29) is 0 Å². The second-order valence-electron chi connectivity index (χ2n) is 2.52. The fourth-order valence-corrected chi connectivity index (χ4v) is 2.87. The van der Waals surface area contributed by atoms with Crippen molar-refractivity contribution in [1.29, 1.82) is 0 Å². The topological polar surface area (TPSA) is 17.1 Å². The van der Waals surface area contributed by atoms with Gasteiger partial charge in [-0.1, -0.05) is 41.5 Å². The maximum atomic E-state index is 10.6. The number of hydrogen-bond donors (Lipinski definition) is 0. The van der Waals surface area contributed by atoms with Gasteiger partial charge >= 0.3 is 0 Å². The van der Waals surface area contributed by atoms with Crippen LogP contribution in [0.25, 0.3) is 0 Å². The molecule has 0 saturated carbocycles. The van der Waals surface area contributed by atoms with E-state index >= 15 is 0 Å². The van der Waals surface area contributed by atoms with E-state index in [1.54, 1.807) is 17.0 Å². The Hall–Kier alpha value is 0.590. The van der Waals surface area contributed by atoms with Crippen molar-refractivity contribution in [2.24, 2.45) is 0 Å². The molecule has 0 N–H and O–H groups in total. The minimum Gasteiger partial charge on any atom is -0.260 e. The van der Waals surface area contributed by atoms with Gasteiger partial charge in [-0.25, -0.2) is 0 Å². The van der Waals surface area contributed by atoms with Crippen molar-refractivity contribution in [1.82, 2.24) is 0 Å². The molecule has 0 aliphatic rings. The summed E-state index contributed by atoms with van der Waals surface area (Å²) in [5.74, 6) is 0.675. The Kier molecular flexibility index (Phi) is 8.60. The Bertz CT molecular complexity index is 156. The first kappa shape index (κ1) is 12.6. The van der Waals surface area contributed by atoms with E-state index in [9.17, 15) is 4.21 Å². The summed E-state index contributed by atoms with van der Waals surface area (Å²) in [6.07, 6.45) is 4.89. The lowest BCUT2D eigenvalue weighted by molar-refractivity contribution is 0.688. The van der Waals surface area contributed by atoms with Crippen molar-refractivity contribution < 1.29 is 4.21 Å². The summed E-state index contributed by atoms with van der Waals surface area (Å²) in [4.78, 5) is 0. The van der Waals surface area contributed by atoms with Gasteiger partial charge in [-0.05, 0) is 11.8 Å². The van der Waals surface area contributed by atoms with Gasteiger partial charge in [0.2, 0.25) is 0 Å². The minimum atomic E-state index is -0.691. The van der Waals surface area contributed by atoms with Crippen LogP contribution in [0.5, 0.6) is 0 Å². The maximum Gasteiger partial charge on any atom is 0.0420 e. The zero-order valence-corrected chi connectivity index (χ0v) is 10.2. The minimum absolute atomic E-state index is 0.675. The zero-order valence-electron chi connectivity index (χ0n) is 7.78. The van der Waals surface area contributed by atoms with Gasteiger partial charge in [-0.2, -0.15) is 0 Å². The van der Waals surface area contributed by atoms with Crippen molar-refractivity contribution in [3.05, 3.63) is 11.5 Å². The molecule has 0 amide bonds.